The first-order chi connectivity index (χ1) is 12.1. The number of carbonyl (C=O) groups excluding carboxylic acids is 1. The zero-order chi connectivity index (χ0) is 17.4. The van der Waals surface area contributed by atoms with Gasteiger partial charge in [-0.05, 0) is 48.1 Å². The molecule has 0 spiro atoms. The third kappa shape index (κ3) is 2.86. The lowest BCUT2D eigenvalue weighted by atomic mass is 9.91. The van der Waals surface area contributed by atoms with Crippen LogP contribution in [0.5, 0.6) is 0 Å². The Hall–Kier alpha value is -2.81. The SMILES string of the molecule is CC(C)c1ccc(N/C=C2\CCc3c([nH]c4ccccc34)C2=O)cc1. The zero-order valence-electron chi connectivity index (χ0n) is 14.6. The zero-order valence-corrected chi connectivity index (χ0v) is 14.6. The van der Waals surface area contributed by atoms with E-state index in [0.29, 0.717) is 5.92 Å². The van der Waals surface area contributed by atoms with Crippen molar-refractivity contribution in [1.29, 1.82) is 0 Å². The van der Waals surface area contributed by atoms with Crippen molar-refractivity contribution in [2.24, 2.45) is 0 Å². The topological polar surface area (TPSA) is 44.9 Å². The number of hydrogen-bond acceptors (Lipinski definition) is 2. The van der Waals surface area contributed by atoms with E-state index >= 15 is 0 Å². The quantitative estimate of drug-likeness (QED) is 0.630. The number of aromatic nitrogens is 1. The van der Waals surface area contributed by atoms with Crippen LogP contribution in [0.3, 0.4) is 0 Å². The molecular weight excluding hydrogens is 308 g/mol. The van der Waals surface area contributed by atoms with Gasteiger partial charge in [-0.1, -0.05) is 44.2 Å². The lowest BCUT2D eigenvalue weighted by Gasteiger charge is -2.14. The van der Waals surface area contributed by atoms with Crippen molar-refractivity contribution >= 4 is 22.4 Å². The fourth-order valence-electron chi connectivity index (χ4n) is 3.46. The first kappa shape index (κ1) is 15.7. The predicted octanol–water partition coefficient (Wildman–Crippen LogP) is 5.42. The first-order valence-electron chi connectivity index (χ1n) is 8.83. The van der Waals surface area contributed by atoms with Gasteiger partial charge in [-0.15, -0.1) is 0 Å². The molecule has 126 valence electrons. The summed E-state index contributed by atoms with van der Waals surface area (Å²) in [6.45, 7) is 4.37. The summed E-state index contributed by atoms with van der Waals surface area (Å²) in [5.41, 5.74) is 6.09. The van der Waals surface area contributed by atoms with Gasteiger partial charge in [0.15, 0.2) is 0 Å². The molecule has 0 amide bonds. The van der Waals surface area contributed by atoms with Gasteiger partial charge in [0.25, 0.3) is 0 Å². The number of hydrogen-bond donors (Lipinski definition) is 2. The van der Waals surface area contributed by atoms with Gasteiger partial charge >= 0.3 is 0 Å². The second-order valence-electron chi connectivity index (χ2n) is 6.94. The van der Waals surface area contributed by atoms with E-state index in [-0.39, 0.29) is 5.78 Å². The van der Waals surface area contributed by atoms with Crippen LogP contribution in [-0.4, -0.2) is 10.8 Å². The fourth-order valence-corrected chi connectivity index (χ4v) is 3.46. The van der Waals surface area contributed by atoms with Crippen molar-refractivity contribution < 1.29 is 4.79 Å². The number of aromatic amines is 1. The molecule has 1 heterocycles. The summed E-state index contributed by atoms with van der Waals surface area (Å²) >= 11 is 0. The maximum atomic E-state index is 12.8. The number of anilines is 1. The summed E-state index contributed by atoms with van der Waals surface area (Å²) in [4.78, 5) is 16.1. The van der Waals surface area contributed by atoms with Crippen LogP contribution in [0.1, 0.15) is 47.8 Å². The molecular formula is C22H22N2O. The first-order valence-corrected chi connectivity index (χ1v) is 8.83. The number of rotatable bonds is 3. The van der Waals surface area contributed by atoms with E-state index in [4.69, 9.17) is 0 Å². The Kier molecular flexibility index (Phi) is 3.92. The van der Waals surface area contributed by atoms with Crippen LogP contribution in [0.15, 0.2) is 60.3 Å². The van der Waals surface area contributed by atoms with Gasteiger partial charge in [-0.25, -0.2) is 0 Å². The van der Waals surface area contributed by atoms with Crippen molar-refractivity contribution in [2.45, 2.75) is 32.6 Å². The molecule has 2 aromatic carbocycles. The highest BCUT2D eigenvalue weighted by molar-refractivity contribution is 6.13. The van der Waals surface area contributed by atoms with Crippen LogP contribution in [0.25, 0.3) is 10.9 Å². The van der Waals surface area contributed by atoms with Crippen molar-refractivity contribution in [1.82, 2.24) is 4.98 Å². The number of fused-ring (bicyclic) bond motifs is 3. The van der Waals surface area contributed by atoms with E-state index in [2.05, 4.69) is 54.5 Å². The molecule has 0 saturated heterocycles. The minimum atomic E-state index is 0.101. The van der Waals surface area contributed by atoms with Crippen molar-refractivity contribution in [2.75, 3.05) is 5.32 Å². The van der Waals surface area contributed by atoms with E-state index in [0.717, 1.165) is 40.9 Å². The monoisotopic (exact) mass is 330 g/mol. The number of H-pyrrole nitrogens is 1. The van der Waals surface area contributed by atoms with Crippen molar-refractivity contribution in [3.8, 4) is 0 Å². The standard InChI is InChI=1S/C22H22N2O/c1-14(2)15-7-10-17(11-8-15)23-13-16-9-12-19-18-5-3-4-6-20(18)24-21(19)22(16)25/h3-8,10-11,13-14,23-24H,9,12H2,1-2H3/b16-13+. The van der Waals surface area contributed by atoms with Gasteiger partial charge < -0.3 is 10.3 Å². The Morgan fingerprint density at radius 3 is 2.56 bits per heavy atom. The smallest absolute Gasteiger partial charge is 0.206 e. The molecule has 0 atom stereocenters. The fraction of sp³-hybridized carbons (Fsp3) is 0.227. The highest BCUT2D eigenvalue weighted by Crippen LogP contribution is 2.31. The summed E-state index contributed by atoms with van der Waals surface area (Å²) in [6.07, 6.45) is 3.52. The molecule has 3 aromatic rings. The van der Waals surface area contributed by atoms with Gasteiger partial charge in [-0.3, -0.25) is 4.79 Å². The Morgan fingerprint density at radius 1 is 1.04 bits per heavy atom. The molecule has 1 aliphatic carbocycles. The van der Waals surface area contributed by atoms with Crippen LogP contribution in [0.2, 0.25) is 0 Å². The third-order valence-electron chi connectivity index (χ3n) is 4.97. The molecule has 0 radical (unpaired) electrons. The average molecular weight is 330 g/mol. The largest absolute Gasteiger partial charge is 0.361 e. The van der Waals surface area contributed by atoms with Crippen molar-refractivity contribution in [3.05, 3.63) is 77.1 Å². The maximum Gasteiger partial charge on any atom is 0.206 e. The highest BCUT2D eigenvalue weighted by Gasteiger charge is 2.25. The normalized spacial score (nSPS) is 15.8. The molecule has 3 heteroatoms. The molecule has 0 saturated carbocycles. The third-order valence-corrected chi connectivity index (χ3v) is 4.97. The van der Waals surface area contributed by atoms with Gasteiger partial charge in [0.05, 0.1) is 5.69 Å². The molecule has 2 N–H and O–H groups in total. The Balaban J connectivity index is 1.57. The minimum Gasteiger partial charge on any atom is -0.361 e. The number of allylic oxidation sites excluding steroid dienone is 1. The van der Waals surface area contributed by atoms with Crippen LogP contribution in [-0.2, 0) is 6.42 Å². The van der Waals surface area contributed by atoms with Crippen molar-refractivity contribution in [3.63, 3.8) is 0 Å². The van der Waals surface area contributed by atoms with E-state index in [1.807, 2.05) is 24.4 Å². The maximum absolute atomic E-state index is 12.8. The number of Topliss-reactive ketones (excluding diaryl/α,β-unsaturated/α-hetero) is 1. The average Bonchev–Trinajstić information content (AvgIpc) is 3.01. The van der Waals surface area contributed by atoms with Gasteiger partial charge in [0.2, 0.25) is 5.78 Å². The van der Waals surface area contributed by atoms with Gasteiger partial charge in [0, 0.05) is 28.4 Å². The van der Waals surface area contributed by atoms with Crippen LogP contribution >= 0.6 is 0 Å². The Morgan fingerprint density at radius 2 is 1.80 bits per heavy atom. The summed E-state index contributed by atoms with van der Waals surface area (Å²) in [5.74, 6) is 0.622. The molecule has 4 rings (SSSR count). The van der Waals surface area contributed by atoms with E-state index in [1.54, 1.807) is 0 Å². The summed E-state index contributed by atoms with van der Waals surface area (Å²) in [7, 11) is 0. The second kappa shape index (κ2) is 6.25. The lowest BCUT2D eigenvalue weighted by molar-refractivity contribution is 0.102. The minimum absolute atomic E-state index is 0.101. The van der Waals surface area contributed by atoms with Gasteiger partial charge in [-0.2, -0.15) is 0 Å². The Bertz CT molecular complexity index is 961. The molecule has 1 aliphatic rings. The van der Waals surface area contributed by atoms with Crippen LogP contribution < -0.4 is 5.32 Å². The van der Waals surface area contributed by atoms with Gasteiger partial charge in [0.1, 0.15) is 0 Å². The molecule has 0 fully saturated rings. The summed E-state index contributed by atoms with van der Waals surface area (Å²) in [5, 5.41) is 4.45. The van der Waals surface area contributed by atoms with E-state index < -0.39 is 0 Å². The summed E-state index contributed by atoms with van der Waals surface area (Å²) in [6, 6.07) is 16.5. The number of nitrogens with one attached hydrogen (secondary N) is 2. The van der Waals surface area contributed by atoms with Crippen LogP contribution in [0.4, 0.5) is 5.69 Å². The molecule has 0 bridgehead atoms. The second-order valence-corrected chi connectivity index (χ2v) is 6.94. The number of benzene rings is 2. The number of ketones is 1. The molecule has 1 aromatic heterocycles. The molecule has 3 nitrogen and oxygen atoms in total. The van der Waals surface area contributed by atoms with E-state index in [1.165, 1.54) is 10.9 Å². The molecule has 0 aliphatic heterocycles. The number of para-hydroxylation sites is 1. The Labute approximate surface area is 147 Å². The number of aryl methyl sites for hydroxylation is 1. The lowest BCUT2D eigenvalue weighted by Crippen LogP contribution is -2.14. The molecule has 0 unspecified atom stereocenters. The highest BCUT2D eigenvalue weighted by atomic mass is 16.1. The number of carbonyl (C=O) groups is 1. The van der Waals surface area contributed by atoms with Crippen LogP contribution in [0, 0.1) is 0 Å². The van der Waals surface area contributed by atoms with E-state index in [9.17, 15) is 4.79 Å². The predicted molar refractivity (Wildman–Crippen MR) is 103 cm³/mol. The molecule has 25 heavy (non-hydrogen) atoms. The summed E-state index contributed by atoms with van der Waals surface area (Å²) < 4.78 is 0.